The minimum absolute atomic E-state index is 0.0194. The van der Waals surface area contributed by atoms with E-state index in [1.165, 1.54) is 6.20 Å². The summed E-state index contributed by atoms with van der Waals surface area (Å²) in [5.74, 6) is -1.45. The fourth-order valence-electron chi connectivity index (χ4n) is 2.95. The third kappa shape index (κ3) is 2.35. The van der Waals surface area contributed by atoms with Crippen molar-refractivity contribution < 1.29 is 19.4 Å². The van der Waals surface area contributed by atoms with Gasteiger partial charge in [0.15, 0.2) is 5.69 Å². The minimum Gasteiger partial charge on any atom is -0.476 e. The van der Waals surface area contributed by atoms with Crippen LogP contribution in [0, 0.1) is 5.41 Å². The number of carbonyl (C=O) groups excluding carboxylic acids is 1. The van der Waals surface area contributed by atoms with E-state index in [-0.39, 0.29) is 34.4 Å². The molecular weight excluding hydrogens is 286 g/mol. The Morgan fingerprint density at radius 1 is 1.27 bits per heavy atom. The van der Waals surface area contributed by atoms with Crippen LogP contribution in [-0.4, -0.2) is 57.7 Å². The molecule has 22 heavy (non-hydrogen) atoms. The van der Waals surface area contributed by atoms with Crippen molar-refractivity contribution in [3.8, 4) is 0 Å². The largest absolute Gasteiger partial charge is 0.476 e. The number of methoxy groups -OCH3 is 1. The van der Waals surface area contributed by atoms with Gasteiger partial charge in [0.25, 0.3) is 5.91 Å². The van der Waals surface area contributed by atoms with Crippen molar-refractivity contribution in [3.05, 3.63) is 23.8 Å². The quantitative estimate of drug-likeness (QED) is 0.905. The molecule has 1 N–H and O–H groups in total. The van der Waals surface area contributed by atoms with Crippen molar-refractivity contribution in [3.63, 3.8) is 0 Å². The smallest absolute Gasteiger partial charge is 0.356 e. The average molecular weight is 307 g/mol. The van der Waals surface area contributed by atoms with E-state index in [2.05, 4.69) is 23.8 Å². The highest BCUT2D eigenvalue weighted by atomic mass is 16.5. The molecular formula is C15H21N3O4. The van der Waals surface area contributed by atoms with E-state index in [1.807, 2.05) is 6.92 Å². The van der Waals surface area contributed by atoms with Crippen molar-refractivity contribution in [1.82, 2.24) is 14.9 Å². The molecule has 0 saturated heterocycles. The number of nitrogens with zero attached hydrogens (tertiary/aromatic N) is 3. The van der Waals surface area contributed by atoms with Crippen LogP contribution in [0.5, 0.6) is 0 Å². The van der Waals surface area contributed by atoms with Crippen LogP contribution in [0.3, 0.4) is 0 Å². The third-order valence-corrected chi connectivity index (χ3v) is 5.11. The van der Waals surface area contributed by atoms with E-state index < -0.39 is 5.97 Å². The molecule has 1 aromatic rings. The molecule has 0 radical (unpaired) electrons. The number of hydrogen-bond acceptors (Lipinski definition) is 5. The van der Waals surface area contributed by atoms with Crippen molar-refractivity contribution in [2.24, 2.45) is 5.41 Å². The second-order valence-electron chi connectivity index (χ2n) is 6.38. The van der Waals surface area contributed by atoms with Crippen LogP contribution >= 0.6 is 0 Å². The van der Waals surface area contributed by atoms with Gasteiger partial charge in [0.1, 0.15) is 5.69 Å². The van der Waals surface area contributed by atoms with Crippen LogP contribution in [0.4, 0.5) is 0 Å². The number of rotatable bonds is 4. The first-order valence-corrected chi connectivity index (χ1v) is 7.01. The molecule has 2 unspecified atom stereocenters. The molecule has 0 aliphatic heterocycles. The van der Waals surface area contributed by atoms with Crippen molar-refractivity contribution in [2.45, 2.75) is 38.8 Å². The van der Waals surface area contributed by atoms with Crippen molar-refractivity contribution in [1.29, 1.82) is 0 Å². The van der Waals surface area contributed by atoms with Gasteiger partial charge in [0.05, 0.1) is 18.0 Å². The molecule has 120 valence electrons. The van der Waals surface area contributed by atoms with Gasteiger partial charge in [-0.05, 0) is 13.3 Å². The molecule has 1 saturated carbocycles. The van der Waals surface area contributed by atoms with Gasteiger partial charge in [-0.1, -0.05) is 13.8 Å². The Morgan fingerprint density at radius 3 is 2.23 bits per heavy atom. The molecule has 1 heterocycles. The second-order valence-corrected chi connectivity index (χ2v) is 6.38. The van der Waals surface area contributed by atoms with Gasteiger partial charge in [-0.25, -0.2) is 14.8 Å². The lowest BCUT2D eigenvalue weighted by Gasteiger charge is -2.61. The van der Waals surface area contributed by atoms with Crippen LogP contribution in [-0.2, 0) is 4.74 Å². The lowest BCUT2D eigenvalue weighted by Crippen LogP contribution is -2.68. The van der Waals surface area contributed by atoms with Gasteiger partial charge in [-0.3, -0.25) is 4.79 Å². The first-order chi connectivity index (χ1) is 10.1. The minimum atomic E-state index is -1.17. The topological polar surface area (TPSA) is 92.6 Å². The number of carboxylic acids is 1. The van der Waals surface area contributed by atoms with Gasteiger partial charge < -0.3 is 14.7 Å². The molecule has 1 aliphatic rings. The molecule has 0 bridgehead atoms. The summed E-state index contributed by atoms with van der Waals surface area (Å²) < 4.78 is 5.57. The number of aromatic carboxylic acids is 1. The fourth-order valence-corrected chi connectivity index (χ4v) is 2.95. The first kappa shape index (κ1) is 16.4. The molecule has 2 rings (SSSR count). The molecule has 7 heteroatoms. The van der Waals surface area contributed by atoms with Gasteiger partial charge in [0, 0.05) is 25.6 Å². The van der Waals surface area contributed by atoms with E-state index in [0.29, 0.717) is 0 Å². The predicted molar refractivity (Wildman–Crippen MR) is 78.7 cm³/mol. The van der Waals surface area contributed by atoms with Crippen LogP contribution in [0.15, 0.2) is 12.4 Å². The molecule has 1 aliphatic carbocycles. The highest BCUT2D eigenvalue weighted by Gasteiger charge is 2.59. The number of ether oxygens (including phenoxy) is 1. The third-order valence-electron chi connectivity index (χ3n) is 5.11. The normalized spacial score (nSPS) is 26.1. The van der Waals surface area contributed by atoms with E-state index in [9.17, 15) is 9.59 Å². The Morgan fingerprint density at radius 2 is 1.82 bits per heavy atom. The Balaban J connectivity index is 2.15. The highest BCUT2D eigenvalue weighted by Crippen LogP contribution is 2.53. The van der Waals surface area contributed by atoms with E-state index in [1.54, 1.807) is 19.1 Å². The molecule has 1 fully saturated rings. The Bertz CT molecular complexity index is 599. The van der Waals surface area contributed by atoms with E-state index in [0.717, 1.165) is 12.6 Å². The van der Waals surface area contributed by atoms with Gasteiger partial charge in [-0.15, -0.1) is 0 Å². The number of carbonyl (C=O) groups is 2. The summed E-state index contributed by atoms with van der Waals surface area (Å²) in [5, 5.41) is 8.80. The zero-order chi connectivity index (χ0) is 16.7. The standard InChI is InChI=1S/C15H21N3O4/c1-14(2)11(6-15(14,3)22-5)18(4)12(19)9-7-17-10(8-16-9)13(20)21/h7-8,11H,6H2,1-5H3,(H,20,21). The maximum atomic E-state index is 12.5. The Hall–Kier alpha value is -2.02. The highest BCUT2D eigenvalue weighted by molar-refractivity contribution is 5.93. The molecule has 2 atom stereocenters. The number of aromatic nitrogens is 2. The number of amides is 1. The molecule has 0 spiro atoms. The fraction of sp³-hybridized carbons (Fsp3) is 0.600. The van der Waals surface area contributed by atoms with Gasteiger partial charge in [-0.2, -0.15) is 0 Å². The lowest BCUT2D eigenvalue weighted by molar-refractivity contribution is -0.198. The summed E-state index contributed by atoms with van der Waals surface area (Å²) in [6, 6.07) is 0.0194. The summed E-state index contributed by atoms with van der Waals surface area (Å²) in [4.78, 5) is 32.5. The molecule has 1 aromatic heterocycles. The van der Waals surface area contributed by atoms with Crippen LogP contribution < -0.4 is 0 Å². The average Bonchev–Trinajstić information content (AvgIpc) is 2.50. The summed E-state index contributed by atoms with van der Waals surface area (Å²) >= 11 is 0. The van der Waals surface area contributed by atoms with Crippen molar-refractivity contribution in [2.75, 3.05) is 14.2 Å². The van der Waals surface area contributed by atoms with Gasteiger partial charge in [0.2, 0.25) is 0 Å². The summed E-state index contributed by atoms with van der Waals surface area (Å²) in [6.45, 7) is 6.16. The predicted octanol–water partition coefficient (Wildman–Crippen LogP) is 1.45. The summed E-state index contributed by atoms with van der Waals surface area (Å²) in [7, 11) is 3.40. The zero-order valence-corrected chi connectivity index (χ0v) is 13.5. The monoisotopic (exact) mass is 307 g/mol. The second kappa shape index (κ2) is 5.31. The molecule has 7 nitrogen and oxygen atoms in total. The summed E-state index contributed by atoms with van der Waals surface area (Å²) in [5.41, 5.74) is -0.518. The summed E-state index contributed by atoms with van der Waals surface area (Å²) in [6.07, 6.45) is 3.03. The first-order valence-electron chi connectivity index (χ1n) is 7.01. The Kier molecular flexibility index (Phi) is 3.95. The zero-order valence-electron chi connectivity index (χ0n) is 13.5. The van der Waals surface area contributed by atoms with E-state index in [4.69, 9.17) is 9.84 Å². The maximum absolute atomic E-state index is 12.5. The van der Waals surface area contributed by atoms with Gasteiger partial charge >= 0.3 is 5.97 Å². The van der Waals surface area contributed by atoms with Crippen LogP contribution in [0.25, 0.3) is 0 Å². The van der Waals surface area contributed by atoms with E-state index >= 15 is 0 Å². The number of hydrogen-bond donors (Lipinski definition) is 1. The number of carboxylic acid groups (broad SMARTS) is 1. The lowest BCUT2D eigenvalue weighted by atomic mass is 9.55. The van der Waals surface area contributed by atoms with Crippen molar-refractivity contribution >= 4 is 11.9 Å². The molecule has 0 aromatic carbocycles. The van der Waals surface area contributed by atoms with Crippen LogP contribution in [0.2, 0.25) is 0 Å². The Labute approximate surface area is 129 Å². The molecule has 1 amide bonds. The SMILES string of the molecule is COC1(C)CC(N(C)C(=O)c2cnc(C(=O)O)cn2)C1(C)C. The maximum Gasteiger partial charge on any atom is 0.356 e. The van der Waals surface area contributed by atoms with Crippen LogP contribution in [0.1, 0.15) is 48.2 Å².